The number of pyridine rings is 1. The summed E-state index contributed by atoms with van der Waals surface area (Å²) in [5.41, 5.74) is 5.18. The first-order chi connectivity index (χ1) is 18.1. The smallest absolute Gasteiger partial charge is 0.251 e. The highest BCUT2D eigenvalue weighted by Crippen LogP contribution is 2.37. The van der Waals surface area contributed by atoms with Crippen molar-refractivity contribution in [1.29, 1.82) is 0 Å². The van der Waals surface area contributed by atoms with Crippen LogP contribution in [0.3, 0.4) is 0 Å². The normalized spacial score (nSPS) is 12.9. The minimum atomic E-state index is -0.108. The lowest BCUT2D eigenvalue weighted by Gasteiger charge is -2.42. The highest BCUT2D eigenvalue weighted by atomic mass is 16.5. The molecule has 2 heterocycles. The molecule has 1 aliphatic heterocycles. The lowest BCUT2D eigenvalue weighted by atomic mass is 9.95. The van der Waals surface area contributed by atoms with Crippen molar-refractivity contribution in [2.45, 2.75) is 12.5 Å². The van der Waals surface area contributed by atoms with E-state index in [4.69, 9.17) is 4.74 Å². The number of aromatic nitrogens is 1. The number of anilines is 2. The van der Waals surface area contributed by atoms with Gasteiger partial charge in [-0.15, -0.1) is 0 Å². The summed E-state index contributed by atoms with van der Waals surface area (Å²) < 4.78 is 6.17. The summed E-state index contributed by atoms with van der Waals surface area (Å²) in [7, 11) is 1.65. The highest BCUT2D eigenvalue weighted by Gasteiger charge is 2.31. The Bertz CT molecular complexity index is 1370. The Morgan fingerprint density at radius 3 is 2.43 bits per heavy atom. The number of ether oxygens (including phenoxy) is 1. The van der Waals surface area contributed by atoms with Crippen molar-refractivity contribution in [2.75, 3.05) is 30.4 Å². The van der Waals surface area contributed by atoms with Gasteiger partial charge in [0.25, 0.3) is 5.91 Å². The SMILES string of the molecule is CNC(=O)c1cccc(N2CC(Oc3ccc(CC(=O)Nc4cccnc4)cc3)C2)c1-c1ccccc1. The van der Waals surface area contributed by atoms with Gasteiger partial charge >= 0.3 is 0 Å². The molecule has 186 valence electrons. The molecule has 5 rings (SSSR count). The maximum atomic E-state index is 12.6. The van der Waals surface area contributed by atoms with Crippen molar-refractivity contribution in [2.24, 2.45) is 0 Å². The summed E-state index contributed by atoms with van der Waals surface area (Å²) in [5, 5.41) is 5.60. The van der Waals surface area contributed by atoms with E-state index in [0.29, 0.717) is 24.3 Å². The topological polar surface area (TPSA) is 83.6 Å². The number of nitrogens with zero attached hydrogens (tertiary/aromatic N) is 2. The van der Waals surface area contributed by atoms with Crippen molar-refractivity contribution >= 4 is 23.2 Å². The first-order valence-corrected chi connectivity index (χ1v) is 12.2. The molecule has 7 heteroatoms. The van der Waals surface area contributed by atoms with Crippen LogP contribution in [0.1, 0.15) is 15.9 Å². The molecule has 0 aliphatic carbocycles. The Morgan fingerprint density at radius 1 is 0.946 bits per heavy atom. The first kappa shape index (κ1) is 24.1. The van der Waals surface area contributed by atoms with Crippen LogP contribution in [0.4, 0.5) is 11.4 Å². The molecule has 7 nitrogen and oxygen atoms in total. The van der Waals surface area contributed by atoms with Crippen molar-refractivity contribution in [3.63, 3.8) is 0 Å². The van der Waals surface area contributed by atoms with Gasteiger partial charge in [-0.1, -0.05) is 48.5 Å². The average molecular weight is 493 g/mol. The molecule has 0 radical (unpaired) electrons. The molecule has 37 heavy (non-hydrogen) atoms. The zero-order valence-electron chi connectivity index (χ0n) is 20.6. The van der Waals surface area contributed by atoms with E-state index in [-0.39, 0.29) is 24.3 Å². The third-order valence-electron chi connectivity index (χ3n) is 6.30. The molecule has 0 spiro atoms. The van der Waals surface area contributed by atoms with Gasteiger partial charge in [0.2, 0.25) is 5.91 Å². The molecule has 2 N–H and O–H groups in total. The Morgan fingerprint density at radius 2 is 1.73 bits per heavy atom. The van der Waals surface area contributed by atoms with Gasteiger partial charge in [0.1, 0.15) is 11.9 Å². The standard InChI is InChI=1S/C30H28N4O3/c1-31-30(36)26-10-5-11-27(29(26)22-7-3-2-4-8-22)34-19-25(20-34)37-24-14-12-21(13-15-24)17-28(35)33-23-9-6-16-32-18-23/h2-16,18,25H,17,19-20H2,1H3,(H,31,36)(H,33,35). The van der Waals surface area contributed by atoms with E-state index in [0.717, 1.165) is 28.1 Å². The summed E-state index contributed by atoms with van der Waals surface area (Å²) in [6.45, 7) is 1.43. The van der Waals surface area contributed by atoms with Gasteiger partial charge in [-0.2, -0.15) is 0 Å². The Balaban J connectivity index is 1.21. The summed E-state index contributed by atoms with van der Waals surface area (Å²) in [5.74, 6) is 0.566. The third-order valence-corrected chi connectivity index (χ3v) is 6.30. The number of carbonyl (C=O) groups is 2. The fraction of sp³-hybridized carbons (Fsp3) is 0.167. The minimum absolute atomic E-state index is 0.0343. The van der Waals surface area contributed by atoms with Crippen LogP contribution in [0.15, 0.2) is 97.3 Å². The van der Waals surface area contributed by atoms with Gasteiger partial charge in [0.15, 0.2) is 0 Å². The first-order valence-electron chi connectivity index (χ1n) is 12.2. The second kappa shape index (κ2) is 11.0. The van der Waals surface area contributed by atoms with Crippen LogP contribution < -0.4 is 20.3 Å². The van der Waals surface area contributed by atoms with E-state index in [2.05, 4.69) is 26.6 Å². The second-order valence-electron chi connectivity index (χ2n) is 8.90. The molecule has 3 aromatic carbocycles. The van der Waals surface area contributed by atoms with Crippen molar-refractivity contribution in [3.05, 3.63) is 108 Å². The summed E-state index contributed by atoms with van der Waals surface area (Å²) in [6, 6.07) is 27.0. The maximum Gasteiger partial charge on any atom is 0.251 e. The third kappa shape index (κ3) is 5.62. The Hall–Kier alpha value is -4.65. The van der Waals surface area contributed by atoms with Crippen LogP contribution in [0.2, 0.25) is 0 Å². The fourth-order valence-corrected chi connectivity index (χ4v) is 4.45. The van der Waals surface area contributed by atoms with Gasteiger partial charge in [0, 0.05) is 30.1 Å². The summed E-state index contributed by atoms with van der Waals surface area (Å²) in [4.78, 5) is 31.1. The molecule has 1 aromatic heterocycles. The molecule has 1 aliphatic rings. The van der Waals surface area contributed by atoms with Gasteiger partial charge in [-0.3, -0.25) is 14.6 Å². The summed E-state index contributed by atoms with van der Waals surface area (Å²) >= 11 is 0. The van der Waals surface area contributed by atoms with Crippen molar-refractivity contribution < 1.29 is 14.3 Å². The Kier molecular flexibility index (Phi) is 7.12. The molecule has 1 fully saturated rings. The van der Waals surface area contributed by atoms with Gasteiger partial charge in [0.05, 0.1) is 31.4 Å². The molecule has 2 amide bonds. The van der Waals surface area contributed by atoms with Gasteiger partial charge in [-0.25, -0.2) is 0 Å². The molecule has 0 saturated carbocycles. The van der Waals surface area contributed by atoms with Crippen LogP contribution in [0.25, 0.3) is 11.1 Å². The maximum absolute atomic E-state index is 12.6. The van der Waals surface area contributed by atoms with Crippen LogP contribution in [-0.4, -0.2) is 43.0 Å². The number of nitrogens with one attached hydrogen (secondary N) is 2. The van der Waals surface area contributed by atoms with Gasteiger partial charge < -0.3 is 20.3 Å². The van der Waals surface area contributed by atoms with E-state index in [1.807, 2.05) is 66.7 Å². The van der Waals surface area contributed by atoms with E-state index < -0.39 is 0 Å². The molecule has 0 atom stereocenters. The van der Waals surface area contributed by atoms with Gasteiger partial charge in [-0.05, 0) is 47.5 Å². The highest BCUT2D eigenvalue weighted by molar-refractivity contribution is 6.04. The van der Waals surface area contributed by atoms with E-state index >= 15 is 0 Å². The number of carbonyl (C=O) groups excluding carboxylic acids is 2. The Labute approximate surface area is 216 Å². The number of amides is 2. The largest absolute Gasteiger partial charge is 0.487 e. The number of hydrogen-bond donors (Lipinski definition) is 2. The zero-order chi connectivity index (χ0) is 25.6. The van der Waals surface area contributed by atoms with Crippen molar-refractivity contribution in [3.8, 4) is 16.9 Å². The van der Waals surface area contributed by atoms with E-state index in [1.165, 1.54) is 0 Å². The predicted molar refractivity (Wildman–Crippen MR) is 145 cm³/mol. The molecule has 0 unspecified atom stereocenters. The number of benzene rings is 3. The minimum Gasteiger partial charge on any atom is -0.487 e. The van der Waals surface area contributed by atoms with Crippen LogP contribution in [0.5, 0.6) is 5.75 Å². The van der Waals surface area contributed by atoms with Crippen molar-refractivity contribution in [1.82, 2.24) is 10.3 Å². The second-order valence-corrected chi connectivity index (χ2v) is 8.90. The van der Waals surface area contributed by atoms with Crippen LogP contribution in [-0.2, 0) is 11.2 Å². The predicted octanol–water partition coefficient (Wildman–Crippen LogP) is 4.56. The molecule has 1 saturated heterocycles. The zero-order valence-corrected chi connectivity index (χ0v) is 20.6. The quantitative estimate of drug-likeness (QED) is 0.377. The van der Waals surface area contributed by atoms with E-state index in [1.54, 1.807) is 31.6 Å². The lowest BCUT2D eigenvalue weighted by molar-refractivity contribution is -0.115. The molecular formula is C30H28N4O3. The summed E-state index contributed by atoms with van der Waals surface area (Å²) in [6.07, 6.45) is 3.59. The monoisotopic (exact) mass is 492 g/mol. The number of rotatable bonds is 8. The molecular weight excluding hydrogens is 464 g/mol. The fourth-order valence-electron chi connectivity index (χ4n) is 4.45. The number of hydrogen-bond acceptors (Lipinski definition) is 5. The lowest BCUT2D eigenvalue weighted by Crippen LogP contribution is -2.54. The van der Waals surface area contributed by atoms with Crippen LogP contribution in [0, 0.1) is 0 Å². The molecule has 4 aromatic rings. The average Bonchev–Trinajstić information content (AvgIpc) is 2.91. The molecule has 0 bridgehead atoms. The van der Waals surface area contributed by atoms with Crippen LogP contribution >= 0.6 is 0 Å². The van der Waals surface area contributed by atoms with E-state index in [9.17, 15) is 9.59 Å².